The number of nitrogens with zero attached hydrogens (tertiary/aromatic N) is 2. The van der Waals surface area contributed by atoms with E-state index in [9.17, 15) is 9.59 Å². The smallest absolute Gasteiger partial charge is 0.279 e. The zero-order valence-corrected chi connectivity index (χ0v) is 15.9. The second-order valence-corrected chi connectivity index (χ2v) is 7.05. The van der Waals surface area contributed by atoms with E-state index in [1.807, 2.05) is 24.3 Å². The predicted molar refractivity (Wildman–Crippen MR) is 108 cm³/mol. The number of benzene rings is 1. The second-order valence-electron chi connectivity index (χ2n) is 6.06. The molecule has 27 heavy (non-hydrogen) atoms. The van der Waals surface area contributed by atoms with Gasteiger partial charge in [0.15, 0.2) is 5.16 Å². The Bertz CT molecular complexity index is 952. The number of anilines is 1. The van der Waals surface area contributed by atoms with Gasteiger partial charge in [-0.3, -0.25) is 9.59 Å². The number of para-hydroxylation sites is 1. The maximum absolute atomic E-state index is 12.8. The van der Waals surface area contributed by atoms with Crippen molar-refractivity contribution in [3.63, 3.8) is 0 Å². The lowest BCUT2D eigenvalue weighted by atomic mass is 9.86. The van der Waals surface area contributed by atoms with Crippen LogP contribution in [-0.2, 0) is 11.8 Å². The van der Waals surface area contributed by atoms with Crippen molar-refractivity contribution in [2.24, 2.45) is 7.05 Å². The van der Waals surface area contributed by atoms with Crippen LogP contribution in [0.2, 0.25) is 0 Å². The minimum Gasteiger partial charge on any atom is -0.489 e. The molecule has 0 radical (unpaired) electrons. The maximum Gasteiger partial charge on any atom is 0.279 e. The number of rotatable bonds is 7. The molecule has 1 aliphatic heterocycles. The quantitative estimate of drug-likeness (QED) is 0.452. The fraction of sp³-hybridized carbons (Fsp3) is 0.250. The van der Waals surface area contributed by atoms with Gasteiger partial charge >= 0.3 is 0 Å². The molecule has 0 aliphatic carbocycles. The van der Waals surface area contributed by atoms with Gasteiger partial charge in [0.25, 0.3) is 5.56 Å². The van der Waals surface area contributed by atoms with E-state index >= 15 is 0 Å². The molecule has 0 saturated heterocycles. The first-order valence-electron chi connectivity index (χ1n) is 8.53. The van der Waals surface area contributed by atoms with Crippen LogP contribution in [0.4, 0.5) is 5.82 Å². The summed E-state index contributed by atoms with van der Waals surface area (Å²) in [4.78, 5) is 29.5. The van der Waals surface area contributed by atoms with E-state index in [1.165, 1.54) is 11.8 Å². The molecular weight excluding hydrogens is 362 g/mol. The third kappa shape index (κ3) is 3.83. The number of ether oxygens (including phenoxy) is 1. The van der Waals surface area contributed by atoms with Gasteiger partial charge in [0, 0.05) is 30.7 Å². The van der Waals surface area contributed by atoms with Crippen molar-refractivity contribution >= 4 is 23.5 Å². The van der Waals surface area contributed by atoms with Crippen molar-refractivity contribution in [1.82, 2.24) is 9.55 Å². The number of amides is 1. The molecule has 7 heteroatoms. The number of aromatic nitrogens is 2. The van der Waals surface area contributed by atoms with Crippen molar-refractivity contribution in [1.29, 1.82) is 0 Å². The Morgan fingerprint density at radius 2 is 2.11 bits per heavy atom. The van der Waals surface area contributed by atoms with Crippen molar-refractivity contribution in [2.45, 2.75) is 17.5 Å². The number of carbonyl (C=O) groups excluding carboxylic acids is 1. The van der Waals surface area contributed by atoms with Crippen LogP contribution < -0.4 is 15.6 Å². The van der Waals surface area contributed by atoms with E-state index in [1.54, 1.807) is 23.8 Å². The van der Waals surface area contributed by atoms with Gasteiger partial charge in [0.2, 0.25) is 5.91 Å². The van der Waals surface area contributed by atoms with Crippen LogP contribution in [0, 0.1) is 0 Å². The number of carbonyl (C=O) groups is 1. The average Bonchev–Trinajstić information content (AvgIpc) is 2.67. The molecule has 1 unspecified atom stereocenters. The second kappa shape index (κ2) is 8.26. The van der Waals surface area contributed by atoms with E-state index in [-0.39, 0.29) is 17.9 Å². The molecule has 0 bridgehead atoms. The zero-order chi connectivity index (χ0) is 19.4. The van der Waals surface area contributed by atoms with Gasteiger partial charge in [-0.1, -0.05) is 48.7 Å². The van der Waals surface area contributed by atoms with Crippen LogP contribution >= 0.6 is 11.8 Å². The summed E-state index contributed by atoms with van der Waals surface area (Å²) in [6.07, 6.45) is 3.56. The molecule has 6 nitrogen and oxygen atoms in total. The number of nitrogens with one attached hydrogen (secondary N) is 1. The van der Waals surface area contributed by atoms with E-state index in [0.717, 1.165) is 5.56 Å². The third-order valence-electron chi connectivity index (χ3n) is 4.28. The molecule has 1 aromatic heterocycles. The van der Waals surface area contributed by atoms with Gasteiger partial charge in [0.1, 0.15) is 18.2 Å². The monoisotopic (exact) mass is 383 g/mol. The maximum atomic E-state index is 12.8. The van der Waals surface area contributed by atoms with E-state index < -0.39 is 5.92 Å². The first-order chi connectivity index (χ1) is 13.1. The first kappa shape index (κ1) is 19.0. The van der Waals surface area contributed by atoms with Crippen LogP contribution in [0.5, 0.6) is 5.75 Å². The highest BCUT2D eigenvalue weighted by molar-refractivity contribution is 7.99. The largest absolute Gasteiger partial charge is 0.489 e. The molecule has 0 fully saturated rings. The zero-order valence-electron chi connectivity index (χ0n) is 15.1. The van der Waals surface area contributed by atoms with Crippen LogP contribution in [0.3, 0.4) is 0 Å². The standard InChI is InChI=1S/C20H21N3O3S/c1-4-10-26-15-9-7-6-8-13(15)14-12-16(24)21-18-17(14)19(25)22-20(23(18)3)27-11-5-2/h4-9,14H,1-2,10-12H2,3H3,(H,21,24). The van der Waals surface area contributed by atoms with Crippen molar-refractivity contribution < 1.29 is 9.53 Å². The Balaban J connectivity index is 2.13. The first-order valence-corrected chi connectivity index (χ1v) is 9.52. The summed E-state index contributed by atoms with van der Waals surface area (Å²) in [7, 11) is 1.79. The fourth-order valence-electron chi connectivity index (χ4n) is 3.11. The van der Waals surface area contributed by atoms with E-state index in [4.69, 9.17) is 4.74 Å². The molecular formula is C20H21N3O3S. The lowest BCUT2D eigenvalue weighted by molar-refractivity contribution is -0.116. The number of thioether (sulfide) groups is 1. The SMILES string of the molecule is C=CCOc1ccccc1C1CC(=O)Nc2c1c(=O)nc(SCC=C)n2C. The summed E-state index contributed by atoms with van der Waals surface area (Å²) < 4.78 is 7.49. The molecule has 3 rings (SSSR count). The summed E-state index contributed by atoms with van der Waals surface area (Å²) in [5, 5.41) is 3.37. The summed E-state index contributed by atoms with van der Waals surface area (Å²) in [6, 6.07) is 7.44. The Morgan fingerprint density at radius 3 is 2.85 bits per heavy atom. The molecule has 140 valence electrons. The van der Waals surface area contributed by atoms with Gasteiger partial charge in [-0.2, -0.15) is 4.98 Å². The molecule has 1 aromatic carbocycles. The topological polar surface area (TPSA) is 73.2 Å². The molecule has 0 spiro atoms. The summed E-state index contributed by atoms with van der Waals surface area (Å²) in [5.74, 6) is 1.18. The fourth-order valence-corrected chi connectivity index (χ4v) is 3.81. The lowest BCUT2D eigenvalue weighted by Gasteiger charge is -2.28. The van der Waals surface area contributed by atoms with E-state index in [2.05, 4.69) is 23.5 Å². The summed E-state index contributed by atoms with van der Waals surface area (Å²) in [6.45, 7) is 7.69. The molecule has 1 aliphatic rings. The molecule has 2 heterocycles. The molecule has 2 aromatic rings. The summed E-state index contributed by atoms with van der Waals surface area (Å²) in [5.41, 5.74) is 0.939. The Hall–Kier alpha value is -2.80. The molecule has 0 saturated carbocycles. The van der Waals surface area contributed by atoms with Crippen molar-refractivity contribution in [2.75, 3.05) is 17.7 Å². The third-order valence-corrected chi connectivity index (χ3v) is 5.31. The molecule has 1 amide bonds. The Labute approximate surface area is 162 Å². The normalized spacial score (nSPS) is 15.6. The highest BCUT2D eigenvalue weighted by Crippen LogP contribution is 2.39. The van der Waals surface area contributed by atoms with Gasteiger partial charge in [-0.25, -0.2) is 0 Å². The van der Waals surface area contributed by atoms with Crippen LogP contribution in [0.15, 0.2) is 59.5 Å². The van der Waals surface area contributed by atoms with Crippen LogP contribution in [0.1, 0.15) is 23.5 Å². The lowest BCUT2D eigenvalue weighted by Crippen LogP contribution is -2.33. The van der Waals surface area contributed by atoms with E-state index in [0.29, 0.717) is 34.6 Å². The van der Waals surface area contributed by atoms with Gasteiger partial charge in [-0.15, -0.1) is 6.58 Å². The molecule has 1 N–H and O–H groups in total. The average molecular weight is 383 g/mol. The Kier molecular flexibility index (Phi) is 5.81. The predicted octanol–water partition coefficient (Wildman–Crippen LogP) is 3.10. The molecule has 1 atom stereocenters. The van der Waals surface area contributed by atoms with Crippen LogP contribution in [0.25, 0.3) is 0 Å². The minimum absolute atomic E-state index is 0.146. The van der Waals surface area contributed by atoms with Crippen molar-refractivity contribution in [3.05, 3.63) is 71.1 Å². The Morgan fingerprint density at radius 1 is 1.33 bits per heavy atom. The van der Waals surface area contributed by atoms with Gasteiger partial charge < -0.3 is 14.6 Å². The number of hydrogen-bond acceptors (Lipinski definition) is 5. The number of hydrogen-bond donors (Lipinski definition) is 1. The highest BCUT2D eigenvalue weighted by Gasteiger charge is 2.33. The minimum atomic E-state index is -0.417. The van der Waals surface area contributed by atoms with Gasteiger partial charge in [-0.05, 0) is 6.07 Å². The van der Waals surface area contributed by atoms with Crippen molar-refractivity contribution in [3.8, 4) is 5.75 Å². The highest BCUT2D eigenvalue weighted by atomic mass is 32.2. The summed E-state index contributed by atoms with van der Waals surface area (Å²) >= 11 is 1.39. The van der Waals surface area contributed by atoms with Gasteiger partial charge in [0.05, 0.1) is 5.56 Å². The van der Waals surface area contributed by atoms with Crippen LogP contribution in [-0.4, -0.2) is 27.8 Å². The number of fused-ring (bicyclic) bond motifs is 1.